The number of benzene rings is 2. The van der Waals surface area contributed by atoms with Crippen LogP contribution in [0.2, 0.25) is 0 Å². The largest absolute Gasteiger partial charge is 0.507 e. The van der Waals surface area contributed by atoms with Crippen molar-refractivity contribution in [2.24, 2.45) is 0 Å². The maximum Gasteiger partial charge on any atom is 0.300 e. The number of ether oxygens (including phenoxy) is 1. The zero-order chi connectivity index (χ0) is 22.1. The predicted octanol–water partition coefficient (Wildman–Crippen LogP) is 4.33. The monoisotopic (exact) mass is 414 g/mol. The van der Waals surface area contributed by atoms with Crippen molar-refractivity contribution in [2.45, 2.75) is 19.9 Å². The summed E-state index contributed by atoms with van der Waals surface area (Å²) in [5, 5.41) is 11.2. The van der Waals surface area contributed by atoms with Crippen molar-refractivity contribution >= 4 is 23.1 Å². The van der Waals surface area contributed by atoms with Gasteiger partial charge in [0.25, 0.3) is 11.7 Å². The number of pyridine rings is 1. The standard InChI is InChI=1S/C25H22N2O4/c1-15-4-6-18(7-5-15)27-22(17-10-12-26-13-11-17)21(24(29)25(27)30)23(28)20-9-8-19(31-3)14-16(20)2/h4-14,22,28H,1-3H3/b23-21-. The summed E-state index contributed by atoms with van der Waals surface area (Å²) < 4.78 is 5.23. The highest BCUT2D eigenvalue weighted by molar-refractivity contribution is 6.51. The van der Waals surface area contributed by atoms with Gasteiger partial charge in [-0.25, -0.2) is 0 Å². The van der Waals surface area contributed by atoms with E-state index in [0.717, 1.165) is 11.1 Å². The molecule has 0 bridgehead atoms. The Morgan fingerprint density at radius 2 is 1.68 bits per heavy atom. The van der Waals surface area contributed by atoms with Gasteiger partial charge in [-0.3, -0.25) is 19.5 Å². The molecule has 0 radical (unpaired) electrons. The number of hydrogen-bond acceptors (Lipinski definition) is 5. The summed E-state index contributed by atoms with van der Waals surface area (Å²) in [6, 6.07) is 15.2. The second-order valence-electron chi connectivity index (χ2n) is 7.47. The number of methoxy groups -OCH3 is 1. The highest BCUT2D eigenvalue weighted by atomic mass is 16.5. The summed E-state index contributed by atoms with van der Waals surface area (Å²) >= 11 is 0. The topological polar surface area (TPSA) is 79.7 Å². The molecule has 3 aromatic rings. The van der Waals surface area contributed by atoms with Crippen LogP contribution in [-0.2, 0) is 9.59 Å². The van der Waals surface area contributed by atoms with E-state index in [2.05, 4.69) is 4.98 Å². The minimum Gasteiger partial charge on any atom is -0.507 e. The Bertz CT molecular complexity index is 1180. The fourth-order valence-electron chi connectivity index (χ4n) is 3.84. The van der Waals surface area contributed by atoms with Crippen LogP contribution in [0, 0.1) is 13.8 Å². The third-order valence-electron chi connectivity index (χ3n) is 5.47. The molecule has 1 saturated heterocycles. The fourth-order valence-corrected chi connectivity index (χ4v) is 3.84. The van der Waals surface area contributed by atoms with E-state index in [1.54, 1.807) is 62.0 Å². The van der Waals surface area contributed by atoms with Crippen LogP contribution in [-0.4, -0.2) is 28.9 Å². The fraction of sp³-hybridized carbons (Fsp3) is 0.160. The van der Waals surface area contributed by atoms with Gasteiger partial charge in [0.15, 0.2) is 0 Å². The molecule has 1 aliphatic rings. The van der Waals surface area contributed by atoms with Crippen molar-refractivity contribution in [1.82, 2.24) is 4.98 Å². The first-order valence-corrected chi connectivity index (χ1v) is 9.85. The van der Waals surface area contributed by atoms with Crippen molar-refractivity contribution in [3.63, 3.8) is 0 Å². The molecule has 2 heterocycles. The van der Waals surface area contributed by atoms with Crippen LogP contribution in [0.5, 0.6) is 5.75 Å². The van der Waals surface area contributed by atoms with Gasteiger partial charge in [0.05, 0.1) is 18.7 Å². The average Bonchev–Trinajstić information content (AvgIpc) is 3.05. The Morgan fingerprint density at radius 1 is 1.00 bits per heavy atom. The van der Waals surface area contributed by atoms with Gasteiger partial charge in [-0.1, -0.05) is 17.7 Å². The normalized spacial score (nSPS) is 17.8. The number of hydrogen-bond donors (Lipinski definition) is 1. The van der Waals surface area contributed by atoms with Gasteiger partial charge in [-0.05, 0) is 67.4 Å². The maximum atomic E-state index is 13.1. The van der Waals surface area contributed by atoms with Crippen LogP contribution < -0.4 is 9.64 Å². The molecular formula is C25H22N2O4. The van der Waals surface area contributed by atoms with Gasteiger partial charge in [-0.2, -0.15) is 0 Å². The van der Waals surface area contributed by atoms with E-state index in [0.29, 0.717) is 22.6 Å². The maximum absolute atomic E-state index is 13.1. The van der Waals surface area contributed by atoms with E-state index in [-0.39, 0.29) is 11.3 Å². The number of aryl methyl sites for hydroxylation is 2. The Kier molecular flexibility index (Phi) is 5.29. The van der Waals surface area contributed by atoms with Crippen molar-refractivity contribution in [2.75, 3.05) is 12.0 Å². The van der Waals surface area contributed by atoms with E-state index in [1.807, 2.05) is 26.0 Å². The quantitative estimate of drug-likeness (QED) is 0.390. The van der Waals surface area contributed by atoms with E-state index in [1.165, 1.54) is 4.90 Å². The molecule has 6 heteroatoms. The number of nitrogens with zero attached hydrogens (tertiary/aromatic N) is 2. The molecule has 2 aromatic carbocycles. The summed E-state index contributed by atoms with van der Waals surface area (Å²) in [5.41, 5.74) is 3.55. The number of amides is 1. The Hall–Kier alpha value is -3.93. The molecule has 1 fully saturated rings. The average molecular weight is 414 g/mol. The predicted molar refractivity (Wildman–Crippen MR) is 118 cm³/mol. The van der Waals surface area contributed by atoms with Crippen LogP contribution in [0.15, 0.2) is 72.6 Å². The minimum absolute atomic E-state index is 0.0463. The van der Waals surface area contributed by atoms with Gasteiger partial charge in [0.1, 0.15) is 11.5 Å². The SMILES string of the molecule is COc1ccc(/C(O)=C2/C(=O)C(=O)N(c3ccc(C)cc3)C2c2ccncc2)c(C)c1. The number of aliphatic hydroxyl groups excluding tert-OH is 1. The van der Waals surface area contributed by atoms with Gasteiger partial charge in [0, 0.05) is 23.6 Å². The molecule has 4 rings (SSSR count). The van der Waals surface area contributed by atoms with Crippen molar-refractivity contribution in [3.8, 4) is 5.75 Å². The van der Waals surface area contributed by atoms with Crippen molar-refractivity contribution in [1.29, 1.82) is 0 Å². The number of anilines is 1. The number of Topliss-reactive ketones (excluding diaryl/α,β-unsaturated/α-hetero) is 1. The van der Waals surface area contributed by atoms with Gasteiger partial charge in [-0.15, -0.1) is 0 Å². The molecule has 1 N–H and O–H groups in total. The van der Waals surface area contributed by atoms with E-state index in [4.69, 9.17) is 4.74 Å². The number of rotatable bonds is 4. The van der Waals surface area contributed by atoms with Crippen LogP contribution in [0.4, 0.5) is 5.69 Å². The number of carbonyl (C=O) groups excluding carboxylic acids is 2. The van der Waals surface area contributed by atoms with Crippen molar-refractivity contribution < 1.29 is 19.4 Å². The molecule has 1 atom stereocenters. The lowest BCUT2D eigenvalue weighted by Gasteiger charge is -2.25. The second kappa shape index (κ2) is 8.07. The van der Waals surface area contributed by atoms with Crippen LogP contribution >= 0.6 is 0 Å². The molecular weight excluding hydrogens is 392 g/mol. The van der Waals surface area contributed by atoms with E-state index < -0.39 is 17.7 Å². The second-order valence-corrected chi connectivity index (χ2v) is 7.47. The van der Waals surface area contributed by atoms with Gasteiger partial charge in [0.2, 0.25) is 0 Å². The number of aliphatic hydroxyl groups is 1. The summed E-state index contributed by atoms with van der Waals surface area (Å²) in [7, 11) is 1.56. The molecule has 31 heavy (non-hydrogen) atoms. The number of aromatic nitrogens is 1. The van der Waals surface area contributed by atoms with Crippen LogP contribution in [0.25, 0.3) is 5.76 Å². The Morgan fingerprint density at radius 3 is 2.29 bits per heavy atom. The third-order valence-corrected chi connectivity index (χ3v) is 5.47. The summed E-state index contributed by atoms with van der Waals surface area (Å²) in [6.45, 7) is 3.76. The van der Waals surface area contributed by atoms with E-state index >= 15 is 0 Å². The molecule has 0 aliphatic carbocycles. The molecule has 1 aliphatic heterocycles. The third kappa shape index (κ3) is 3.57. The molecule has 1 amide bonds. The highest BCUT2D eigenvalue weighted by Crippen LogP contribution is 2.42. The lowest BCUT2D eigenvalue weighted by atomic mass is 9.94. The van der Waals surface area contributed by atoms with E-state index in [9.17, 15) is 14.7 Å². The van der Waals surface area contributed by atoms with Gasteiger partial charge >= 0.3 is 0 Å². The molecule has 6 nitrogen and oxygen atoms in total. The number of carbonyl (C=O) groups is 2. The highest BCUT2D eigenvalue weighted by Gasteiger charge is 2.47. The molecule has 0 saturated carbocycles. The lowest BCUT2D eigenvalue weighted by molar-refractivity contribution is -0.132. The van der Waals surface area contributed by atoms with Gasteiger partial charge < -0.3 is 9.84 Å². The number of ketones is 1. The lowest BCUT2D eigenvalue weighted by Crippen LogP contribution is -2.29. The molecule has 0 spiro atoms. The first-order chi connectivity index (χ1) is 14.9. The molecule has 156 valence electrons. The Labute approximate surface area is 180 Å². The zero-order valence-electron chi connectivity index (χ0n) is 17.5. The van der Waals surface area contributed by atoms with Crippen molar-refractivity contribution in [3.05, 3.63) is 94.8 Å². The van der Waals surface area contributed by atoms with Crippen LogP contribution in [0.1, 0.15) is 28.3 Å². The summed E-state index contributed by atoms with van der Waals surface area (Å²) in [5.74, 6) is -0.983. The first kappa shape index (κ1) is 20.3. The molecule has 1 aromatic heterocycles. The summed E-state index contributed by atoms with van der Waals surface area (Å²) in [4.78, 5) is 31.7. The smallest absolute Gasteiger partial charge is 0.300 e. The first-order valence-electron chi connectivity index (χ1n) is 9.85. The summed E-state index contributed by atoms with van der Waals surface area (Å²) in [6.07, 6.45) is 3.20. The minimum atomic E-state index is -0.771. The molecule has 1 unspecified atom stereocenters. The zero-order valence-corrected chi connectivity index (χ0v) is 17.5. The Balaban J connectivity index is 1.93. The van der Waals surface area contributed by atoms with Crippen LogP contribution in [0.3, 0.4) is 0 Å².